The Hall–Kier alpha value is -1.44. The molecule has 0 atom stereocenters. The van der Waals surface area contributed by atoms with E-state index in [4.69, 9.17) is 4.74 Å². The lowest BCUT2D eigenvalue weighted by Gasteiger charge is -2.16. The van der Waals surface area contributed by atoms with Crippen LogP contribution in [-0.2, 0) is 12.8 Å². The van der Waals surface area contributed by atoms with Crippen molar-refractivity contribution in [2.45, 2.75) is 72.8 Å². The molecule has 0 bridgehead atoms. The summed E-state index contributed by atoms with van der Waals surface area (Å²) >= 11 is 0. The standard InChI is InChI=1S/C19H30O2/c1-6-8-15(5)10-11-17-18(20)12-16(9-7-2)13-19(17)21-14(3)4/h10,12-14,20H,6-9,11H2,1-5H3/b15-10-. The molecule has 0 spiro atoms. The lowest BCUT2D eigenvalue weighted by Crippen LogP contribution is -2.08. The van der Waals surface area contributed by atoms with Crippen LogP contribution in [0.4, 0.5) is 0 Å². The Kier molecular flexibility index (Phi) is 7.35. The molecule has 118 valence electrons. The summed E-state index contributed by atoms with van der Waals surface area (Å²) in [5.41, 5.74) is 3.41. The number of ether oxygens (including phenoxy) is 1. The fourth-order valence-corrected chi connectivity index (χ4v) is 2.46. The predicted octanol–water partition coefficient (Wildman–Crippen LogP) is 5.42. The molecule has 0 saturated heterocycles. The molecule has 0 radical (unpaired) electrons. The minimum Gasteiger partial charge on any atom is -0.508 e. The number of allylic oxidation sites excluding steroid dienone is 2. The van der Waals surface area contributed by atoms with E-state index in [9.17, 15) is 5.11 Å². The second-order valence-electron chi connectivity index (χ2n) is 6.01. The van der Waals surface area contributed by atoms with E-state index in [1.165, 1.54) is 5.57 Å². The third-order valence-corrected chi connectivity index (χ3v) is 3.45. The molecule has 0 aliphatic heterocycles. The number of aryl methyl sites for hydroxylation is 1. The lowest BCUT2D eigenvalue weighted by molar-refractivity contribution is 0.239. The largest absolute Gasteiger partial charge is 0.508 e. The van der Waals surface area contributed by atoms with Gasteiger partial charge in [0.05, 0.1) is 6.10 Å². The van der Waals surface area contributed by atoms with Crippen molar-refractivity contribution >= 4 is 0 Å². The molecule has 1 aromatic rings. The second kappa shape index (κ2) is 8.76. The highest BCUT2D eigenvalue weighted by atomic mass is 16.5. The van der Waals surface area contributed by atoms with Crippen LogP contribution < -0.4 is 4.74 Å². The number of hydrogen-bond acceptors (Lipinski definition) is 2. The van der Waals surface area contributed by atoms with Gasteiger partial charge in [0.25, 0.3) is 0 Å². The molecular formula is C19H30O2. The van der Waals surface area contributed by atoms with E-state index in [2.05, 4.69) is 32.9 Å². The van der Waals surface area contributed by atoms with Crippen LogP contribution in [-0.4, -0.2) is 11.2 Å². The summed E-state index contributed by atoms with van der Waals surface area (Å²) in [6.45, 7) is 10.5. The van der Waals surface area contributed by atoms with Crippen LogP contribution in [0.3, 0.4) is 0 Å². The molecule has 1 N–H and O–H groups in total. The number of rotatable bonds is 8. The van der Waals surface area contributed by atoms with E-state index in [0.29, 0.717) is 5.75 Å². The van der Waals surface area contributed by atoms with E-state index in [1.807, 2.05) is 19.9 Å². The average molecular weight is 290 g/mol. The highest BCUT2D eigenvalue weighted by Crippen LogP contribution is 2.32. The summed E-state index contributed by atoms with van der Waals surface area (Å²) < 4.78 is 5.92. The summed E-state index contributed by atoms with van der Waals surface area (Å²) in [6.07, 6.45) is 7.33. The van der Waals surface area contributed by atoms with Crippen molar-refractivity contribution in [3.8, 4) is 11.5 Å². The van der Waals surface area contributed by atoms with E-state index in [1.54, 1.807) is 0 Å². The van der Waals surface area contributed by atoms with E-state index in [-0.39, 0.29) is 6.10 Å². The maximum Gasteiger partial charge on any atom is 0.127 e. The number of benzene rings is 1. The van der Waals surface area contributed by atoms with Crippen molar-refractivity contribution in [3.63, 3.8) is 0 Å². The van der Waals surface area contributed by atoms with Gasteiger partial charge in [-0.05, 0) is 57.7 Å². The molecule has 0 amide bonds. The fraction of sp³-hybridized carbons (Fsp3) is 0.579. The minimum atomic E-state index is 0.112. The van der Waals surface area contributed by atoms with Gasteiger partial charge >= 0.3 is 0 Å². The molecule has 2 heteroatoms. The Morgan fingerprint density at radius 3 is 2.52 bits per heavy atom. The topological polar surface area (TPSA) is 29.5 Å². The summed E-state index contributed by atoms with van der Waals surface area (Å²) in [6, 6.07) is 3.97. The maximum absolute atomic E-state index is 10.3. The Morgan fingerprint density at radius 2 is 1.95 bits per heavy atom. The molecule has 0 heterocycles. The first kappa shape index (κ1) is 17.6. The molecule has 1 rings (SSSR count). The lowest BCUT2D eigenvalue weighted by atomic mass is 10.0. The Bertz CT molecular complexity index is 473. The first-order chi connectivity index (χ1) is 9.97. The second-order valence-corrected chi connectivity index (χ2v) is 6.01. The monoisotopic (exact) mass is 290 g/mol. The Labute approximate surface area is 129 Å². The van der Waals surface area contributed by atoms with Crippen LogP contribution in [0.2, 0.25) is 0 Å². The number of hydrogen-bond donors (Lipinski definition) is 1. The van der Waals surface area contributed by atoms with Gasteiger partial charge in [0.2, 0.25) is 0 Å². The van der Waals surface area contributed by atoms with Crippen LogP contribution >= 0.6 is 0 Å². The predicted molar refractivity (Wildman–Crippen MR) is 90.2 cm³/mol. The van der Waals surface area contributed by atoms with Gasteiger partial charge < -0.3 is 9.84 Å². The zero-order valence-corrected chi connectivity index (χ0v) is 14.2. The van der Waals surface area contributed by atoms with E-state index < -0.39 is 0 Å². The molecule has 1 aromatic carbocycles. The van der Waals surface area contributed by atoms with Gasteiger partial charge in [-0.25, -0.2) is 0 Å². The van der Waals surface area contributed by atoms with Crippen molar-refractivity contribution in [2.75, 3.05) is 0 Å². The molecule has 21 heavy (non-hydrogen) atoms. The normalized spacial score (nSPS) is 12.0. The summed E-state index contributed by atoms with van der Waals surface area (Å²) in [7, 11) is 0. The molecule has 0 aliphatic rings. The highest BCUT2D eigenvalue weighted by Gasteiger charge is 2.12. The Morgan fingerprint density at radius 1 is 1.24 bits per heavy atom. The van der Waals surface area contributed by atoms with Crippen molar-refractivity contribution in [3.05, 3.63) is 34.9 Å². The fourth-order valence-electron chi connectivity index (χ4n) is 2.46. The highest BCUT2D eigenvalue weighted by molar-refractivity contribution is 5.48. The SMILES string of the molecule is CCC/C(C)=C\Cc1c(O)cc(CCC)cc1OC(C)C. The third-order valence-electron chi connectivity index (χ3n) is 3.45. The van der Waals surface area contributed by atoms with Crippen LogP contribution in [0.1, 0.15) is 65.0 Å². The summed E-state index contributed by atoms with van der Waals surface area (Å²) in [5, 5.41) is 10.3. The number of aromatic hydroxyl groups is 1. The van der Waals surface area contributed by atoms with Gasteiger partial charge in [-0.15, -0.1) is 0 Å². The zero-order chi connectivity index (χ0) is 15.8. The van der Waals surface area contributed by atoms with Crippen molar-refractivity contribution in [1.82, 2.24) is 0 Å². The van der Waals surface area contributed by atoms with Gasteiger partial charge in [0, 0.05) is 5.56 Å². The third kappa shape index (κ3) is 5.82. The molecular weight excluding hydrogens is 260 g/mol. The average Bonchev–Trinajstić information content (AvgIpc) is 2.37. The first-order valence-corrected chi connectivity index (χ1v) is 8.14. The van der Waals surface area contributed by atoms with Crippen LogP contribution in [0, 0.1) is 0 Å². The smallest absolute Gasteiger partial charge is 0.127 e. The zero-order valence-electron chi connectivity index (χ0n) is 14.2. The van der Waals surface area contributed by atoms with Crippen LogP contribution in [0.5, 0.6) is 11.5 Å². The minimum absolute atomic E-state index is 0.112. The number of phenols is 1. The Balaban J connectivity index is 3.06. The molecule has 2 nitrogen and oxygen atoms in total. The summed E-state index contributed by atoms with van der Waals surface area (Å²) in [4.78, 5) is 0. The molecule has 0 aromatic heterocycles. The van der Waals surface area contributed by atoms with E-state index >= 15 is 0 Å². The van der Waals surface area contributed by atoms with Gasteiger partial charge in [-0.3, -0.25) is 0 Å². The summed E-state index contributed by atoms with van der Waals surface area (Å²) in [5.74, 6) is 1.19. The van der Waals surface area contributed by atoms with Crippen molar-refractivity contribution in [1.29, 1.82) is 0 Å². The van der Waals surface area contributed by atoms with E-state index in [0.717, 1.165) is 49.0 Å². The molecule has 0 aliphatic carbocycles. The van der Waals surface area contributed by atoms with Gasteiger partial charge in [-0.1, -0.05) is 38.3 Å². The van der Waals surface area contributed by atoms with Crippen LogP contribution in [0.15, 0.2) is 23.8 Å². The van der Waals surface area contributed by atoms with Gasteiger partial charge in [0.1, 0.15) is 11.5 Å². The van der Waals surface area contributed by atoms with Crippen molar-refractivity contribution in [2.24, 2.45) is 0 Å². The van der Waals surface area contributed by atoms with Gasteiger partial charge in [-0.2, -0.15) is 0 Å². The number of phenolic OH excluding ortho intramolecular Hbond substituents is 1. The molecule has 0 saturated carbocycles. The van der Waals surface area contributed by atoms with Crippen LogP contribution in [0.25, 0.3) is 0 Å². The molecule has 0 fully saturated rings. The van der Waals surface area contributed by atoms with Gasteiger partial charge in [0.15, 0.2) is 0 Å². The van der Waals surface area contributed by atoms with Crippen molar-refractivity contribution < 1.29 is 9.84 Å². The quantitative estimate of drug-likeness (QED) is 0.648. The first-order valence-electron chi connectivity index (χ1n) is 8.14. The molecule has 0 unspecified atom stereocenters. The maximum atomic E-state index is 10.3.